The lowest BCUT2D eigenvalue weighted by Gasteiger charge is -2.32. The monoisotopic (exact) mass is 550 g/mol. The zero-order valence-corrected chi connectivity index (χ0v) is 23.2. The number of hydrogen-bond donors (Lipinski definition) is 1. The van der Waals surface area contributed by atoms with Crippen LogP contribution in [0, 0.1) is 0 Å². The van der Waals surface area contributed by atoms with Crippen LogP contribution in [0.4, 0.5) is 10.5 Å². The summed E-state index contributed by atoms with van der Waals surface area (Å²) in [6.45, 7) is 4.69. The van der Waals surface area contributed by atoms with Crippen molar-refractivity contribution < 1.29 is 4.79 Å². The van der Waals surface area contributed by atoms with Gasteiger partial charge >= 0.3 is 6.03 Å². The van der Waals surface area contributed by atoms with E-state index in [0.29, 0.717) is 51.1 Å². The van der Waals surface area contributed by atoms with Crippen LogP contribution >= 0.6 is 23.2 Å². The van der Waals surface area contributed by atoms with E-state index in [1.807, 2.05) is 25.1 Å². The molecular weight excluding hydrogens is 519 g/mol. The fourth-order valence-corrected chi connectivity index (χ4v) is 4.84. The van der Waals surface area contributed by atoms with Gasteiger partial charge in [0.05, 0.1) is 22.6 Å². The second kappa shape index (κ2) is 12.9. The summed E-state index contributed by atoms with van der Waals surface area (Å²) < 4.78 is 1.61. The molecule has 0 fully saturated rings. The number of urea groups is 1. The second-order valence-corrected chi connectivity index (χ2v) is 10.1. The predicted molar refractivity (Wildman–Crippen MR) is 157 cm³/mol. The van der Waals surface area contributed by atoms with Gasteiger partial charge in [-0.25, -0.2) is 9.78 Å². The van der Waals surface area contributed by atoms with E-state index in [0.717, 1.165) is 25.7 Å². The number of unbranched alkanes of at least 4 members (excludes halogenated alkanes) is 3. The molecule has 4 aromatic rings. The number of fused-ring (bicyclic) bond motifs is 1. The third kappa shape index (κ3) is 6.37. The van der Waals surface area contributed by atoms with Crippen molar-refractivity contribution in [2.45, 2.75) is 52.0 Å². The van der Waals surface area contributed by atoms with E-state index in [2.05, 4.69) is 12.2 Å². The van der Waals surface area contributed by atoms with Crippen LogP contribution in [-0.2, 0) is 0 Å². The molecule has 1 N–H and O–H groups in total. The topological polar surface area (TPSA) is 67.2 Å². The largest absolute Gasteiger partial charge is 0.322 e. The van der Waals surface area contributed by atoms with Crippen LogP contribution in [0.15, 0.2) is 77.6 Å². The average Bonchev–Trinajstić information content (AvgIpc) is 2.92. The summed E-state index contributed by atoms with van der Waals surface area (Å²) in [5.41, 5.74) is 1.71. The number of carbonyl (C=O) groups is 1. The highest BCUT2D eigenvalue weighted by atomic mass is 35.5. The SMILES string of the molecule is CCCCCCN(C(=O)Nc1ccc(Cl)cc1)C(CC)c1nc2ccccc2c(=O)n1-c1ccc(Cl)cc1. The van der Waals surface area contributed by atoms with Gasteiger partial charge < -0.3 is 10.2 Å². The number of rotatable bonds is 10. The van der Waals surface area contributed by atoms with E-state index in [1.54, 1.807) is 64.1 Å². The number of aromatic nitrogens is 2. The van der Waals surface area contributed by atoms with Crippen molar-refractivity contribution in [2.24, 2.45) is 0 Å². The number of carbonyl (C=O) groups excluding carboxylic acids is 1. The predicted octanol–water partition coefficient (Wildman–Crippen LogP) is 8.26. The fourth-order valence-electron chi connectivity index (χ4n) is 4.59. The Morgan fingerprint density at radius 3 is 2.24 bits per heavy atom. The molecule has 1 heterocycles. The molecule has 0 aliphatic heterocycles. The number of hydrogen-bond acceptors (Lipinski definition) is 3. The molecule has 0 bridgehead atoms. The van der Waals surface area contributed by atoms with Crippen LogP contribution in [0.25, 0.3) is 16.6 Å². The Morgan fingerprint density at radius 1 is 0.921 bits per heavy atom. The molecule has 1 aromatic heterocycles. The van der Waals surface area contributed by atoms with Gasteiger partial charge in [-0.15, -0.1) is 0 Å². The lowest BCUT2D eigenvalue weighted by atomic mass is 10.1. The third-order valence-corrected chi connectivity index (χ3v) is 7.06. The molecule has 3 aromatic carbocycles. The Labute approximate surface area is 233 Å². The number of para-hydroxylation sites is 1. The lowest BCUT2D eigenvalue weighted by Crippen LogP contribution is -2.41. The van der Waals surface area contributed by atoms with Crippen LogP contribution in [0.5, 0.6) is 0 Å². The number of anilines is 1. The number of nitrogens with zero attached hydrogens (tertiary/aromatic N) is 3. The van der Waals surface area contributed by atoms with Crippen molar-refractivity contribution in [3.8, 4) is 5.69 Å². The quantitative estimate of drug-likeness (QED) is 0.202. The number of amides is 2. The zero-order chi connectivity index (χ0) is 27.1. The highest BCUT2D eigenvalue weighted by molar-refractivity contribution is 6.30. The minimum absolute atomic E-state index is 0.185. The fraction of sp³-hybridized carbons (Fsp3) is 0.300. The molecule has 0 aliphatic rings. The Hall–Kier alpha value is -3.35. The maximum atomic E-state index is 13.8. The Kier molecular flexibility index (Phi) is 9.43. The van der Waals surface area contributed by atoms with E-state index >= 15 is 0 Å². The van der Waals surface area contributed by atoms with Crippen molar-refractivity contribution >= 4 is 45.8 Å². The minimum Gasteiger partial charge on any atom is -0.314 e. The zero-order valence-electron chi connectivity index (χ0n) is 21.7. The van der Waals surface area contributed by atoms with Crippen molar-refractivity contribution in [3.63, 3.8) is 0 Å². The van der Waals surface area contributed by atoms with E-state index in [4.69, 9.17) is 28.2 Å². The van der Waals surface area contributed by atoms with Crippen LogP contribution in [-0.4, -0.2) is 27.0 Å². The van der Waals surface area contributed by atoms with Gasteiger partial charge in [-0.2, -0.15) is 0 Å². The number of nitrogens with one attached hydrogen (secondary N) is 1. The molecule has 0 spiro atoms. The van der Waals surface area contributed by atoms with Crippen LogP contribution in [0.3, 0.4) is 0 Å². The maximum Gasteiger partial charge on any atom is 0.322 e. The van der Waals surface area contributed by atoms with E-state index < -0.39 is 6.04 Å². The molecule has 6 nitrogen and oxygen atoms in total. The first-order valence-electron chi connectivity index (χ1n) is 13.0. The van der Waals surface area contributed by atoms with E-state index in [1.165, 1.54) is 0 Å². The van der Waals surface area contributed by atoms with Gasteiger partial charge in [-0.1, -0.05) is 68.4 Å². The molecule has 1 unspecified atom stereocenters. The highest BCUT2D eigenvalue weighted by Crippen LogP contribution is 2.28. The normalized spacial score (nSPS) is 11.9. The summed E-state index contributed by atoms with van der Waals surface area (Å²) in [4.78, 5) is 34.3. The standard InChI is InChI=1S/C30H32Cl2N4O2/c1-3-5-6-9-20-35(30(38)33-23-16-12-21(31)13-17-23)27(4-2)28-34-26-11-8-7-10-25(26)29(37)36(28)24-18-14-22(32)15-19-24/h7-8,10-19,27H,3-6,9,20H2,1-2H3,(H,33,38). The Balaban J connectivity index is 1.82. The summed E-state index contributed by atoms with van der Waals surface area (Å²) in [6, 6.07) is 20.7. The second-order valence-electron chi connectivity index (χ2n) is 9.22. The van der Waals surface area contributed by atoms with Gasteiger partial charge in [0.1, 0.15) is 5.82 Å². The molecule has 0 saturated carbocycles. The molecule has 8 heteroatoms. The molecule has 1 atom stereocenters. The number of halogens is 2. The smallest absolute Gasteiger partial charge is 0.314 e. The van der Waals surface area contributed by atoms with Crippen LogP contribution < -0.4 is 10.9 Å². The maximum absolute atomic E-state index is 13.8. The van der Waals surface area contributed by atoms with Crippen molar-refractivity contribution in [1.82, 2.24) is 14.5 Å². The van der Waals surface area contributed by atoms with Gasteiger partial charge in [-0.05, 0) is 73.5 Å². The van der Waals surface area contributed by atoms with Crippen molar-refractivity contribution in [3.05, 3.63) is 99.0 Å². The summed E-state index contributed by atoms with van der Waals surface area (Å²) >= 11 is 12.2. The first kappa shape index (κ1) is 27.7. The first-order valence-corrected chi connectivity index (χ1v) is 13.8. The molecule has 198 valence electrons. The van der Waals surface area contributed by atoms with Gasteiger partial charge in [0.25, 0.3) is 5.56 Å². The lowest BCUT2D eigenvalue weighted by molar-refractivity contribution is 0.179. The molecule has 4 rings (SSSR count). The average molecular weight is 552 g/mol. The summed E-state index contributed by atoms with van der Waals surface area (Å²) in [5.74, 6) is 0.514. The molecule has 0 saturated heterocycles. The molecule has 38 heavy (non-hydrogen) atoms. The van der Waals surface area contributed by atoms with E-state index in [9.17, 15) is 9.59 Å². The third-order valence-electron chi connectivity index (χ3n) is 6.56. The van der Waals surface area contributed by atoms with E-state index in [-0.39, 0.29) is 11.6 Å². The molecule has 0 aliphatic carbocycles. The Morgan fingerprint density at radius 2 is 1.58 bits per heavy atom. The Bertz CT molecular complexity index is 1440. The van der Waals surface area contributed by atoms with Gasteiger partial charge in [-0.3, -0.25) is 9.36 Å². The summed E-state index contributed by atoms with van der Waals surface area (Å²) in [7, 11) is 0. The summed E-state index contributed by atoms with van der Waals surface area (Å²) in [5, 5.41) is 4.69. The molecule has 2 amide bonds. The van der Waals surface area contributed by atoms with Gasteiger partial charge in [0, 0.05) is 22.3 Å². The minimum atomic E-state index is -0.447. The van der Waals surface area contributed by atoms with Gasteiger partial charge in [0.2, 0.25) is 0 Å². The van der Waals surface area contributed by atoms with Crippen molar-refractivity contribution in [2.75, 3.05) is 11.9 Å². The van der Waals surface area contributed by atoms with Crippen LogP contribution in [0.2, 0.25) is 10.0 Å². The molecule has 0 radical (unpaired) electrons. The highest BCUT2D eigenvalue weighted by Gasteiger charge is 2.29. The first-order chi connectivity index (χ1) is 18.4. The summed E-state index contributed by atoms with van der Waals surface area (Å²) in [6.07, 6.45) is 4.60. The molecular formula is C30H32Cl2N4O2. The van der Waals surface area contributed by atoms with Crippen molar-refractivity contribution in [1.29, 1.82) is 0 Å². The number of benzene rings is 3. The van der Waals surface area contributed by atoms with Crippen LogP contribution in [0.1, 0.15) is 57.8 Å². The van der Waals surface area contributed by atoms with Gasteiger partial charge in [0.15, 0.2) is 0 Å².